The lowest BCUT2D eigenvalue weighted by molar-refractivity contribution is -0.140. The second kappa shape index (κ2) is 9.39. The monoisotopic (exact) mass is 527 g/mol. The second-order valence-corrected chi connectivity index (χ2v) is 11.5. The first-order chi connectivity index (χ1) is 17.4. The van der Waals surface area contributed by atoms with Gasteiger partial charge in [-0.05, 0) is 49.6 Å². The van der Waals surface area contributed by atoms with Crippen LogP contribution in [0.5, 0.6) is 5.75 Å². The minimum absolute atomic E-state index is 0.0394. The molecule has 188 valence electrons. The number of hydrogen-bond acceptors (Lipinski definition) is 6. The Morgan fingerprint density at radius 2 is 1.89 bits per heavy atom. The van der Waals surface area contributed by atoms with E-state index < -0.39 is 12.3 Å². The Hall–Kier alpha value is -2.55. The Morgan fingerprint density at radius 1 is 1.14 bits per heavy atom. The van der Waals surface area contributed by atoms with Crippen LogP contribution in [-0.2, 0) is 16.1 Å². The molecule has 0 radical (unpaired) electrons. The van der Waals surface area contributed by atoms with E-state index >= 15 is 0 Å². The zero-order valence-corrected chi connectivity index (χ0v) is 21.5. The summed E-state index contributed by atoms with van der Waals surface area (Å²) in [5, 5.41) is 3.60. The van der Waals surface area contributed by atoms with Crippen LogP contribution in [0.4, 0.5) is 4.39 Å². The third kappa shape index (κ3) is 4.09. The summed E-state index contributed by atoms with van der Waals surface area (Å²) >= 11 is 7.96. The van der Waals surface area contributed by atoms with E-state index in [1.165, 1.54) is 16.2 Å². The third-order valence-electron chi connectivity index (χ3n) is 7.60. The number of alkyl halides is 1. The molecule has 4 heterocycles. The molecule has 2 amide bonds. The Labute approximate surface area is 217 Å². The van der Waals surface area contributed by atoms with E-state index in [9.17, 15) is 14.0 Å². The van der Waals surface area contributed by atoms with Crippen LogP contribution in [0.1, 0.15) is 36.1 Å². The molecule has 1 N–H and O–H groups in total. The van der Waals surface area contributed by atoms with Crippen LogP contribution < -0.4 is 10.1 Å². The lowest BCUT2D eigenvalue weighted by atomic mass is 9.81. The number of nitrogens with one attached hydrogen (secondary N) is 1. The van der Waals surface area contributed by atoms with Crippen LogP contribution in [0.3, 0.4) is 0 Å². The van der Waals surface area contributed by atoms with Crippen molar-refractivity contribution in [2.45, 2.75) is 51.4 Å². The number of halogens is 2. The average Bonchev–Trinajstić information content (AvgIpc) is 3.53. The third-order valence-corrected chi connectivity index (χ3v) is 8.96. The van der Waals surface area contributed by atoms with E-state index in [1.807, 2.05) is 31.2 Å². The number of pyridine rings is 1. The molecule has 3 aliphatic rings. The van der Waals surface area contributed by atoms with Crippen LogP contribution in [-0.4, -0.2) is 47.1 Å². The van der Waals surface area contributed by atoms with Crippen molar-refractivity contribution >= 4 is 45.0 Å². The number of carbonyl (C=O) groups excluding carboxylic acids is 2. The molecule has 9 heteroatoms. The molecule has 6 nitrogen and oxygen atoms in total. The number of thiophene rings is 1. The van der Waals surface area contributed by atoms with Crippen molar-refractivity contribution in [1.29, 1.82) is 0 Å². The van der Waals surface area contributed by atoms with Crippen molar-refractivity contribution in [3.8, 4) is 16.9 Å². The average molecular weight is 528 g/mol. The number of benzene rings is 1. The van der Waals surface area contributed by atoms with Crippen molar-refractivity contribution in [2.75, 3.05) is 13.1 Å². The Bertz CT molecular complexity index is 1340. The molecule has 1 aromatic carbocycles. The number of amides is 2. The topological polar surface area (TPSA) is 71.5 Å². The first-order valence-corrected chi connectivity index (χ1v) is 13.6. The highest BCUT2D eigenvalue weighted by atomic mass is 35.5. The first-order valence-electron chi connectivity index (χ1n) is 12.5. The maximum atomic E-state index is 14.4. The van der Waals surface area contributed by atoms with E-state index in [2.05, 4.69) is 10.3 Å². The first kappa shape index (κ1) is 23.8. The lowest BCUT2D eigenvalue weighted by Crippen LogP contribution is -2.30. The van der Waals surface area contributed by atoms with Gasteiger partial charge in [-0.3, -0.25) is 19.5 Å². The molecule has 1 saturated carbocycles. The van der Waals surface area contributed by atoms with Gasteiger partial charge in [0.2, 0.25) is 11.8 Å². The van der Waals surface area contributed by atoms with Gasteiger partial charge < -0.3 is 10.1 Å². The SMILES string of the molecule is Cc1cc(Cl)cc(-c2ccnc3cc(CN4C(=O)C5CCCCC5C4=O)sc23)c1O[C@@H]1CNC[C@@H]1F. The van der Waals surface area contributed by atoms with Crippen molar-refractivity contribution in [2.24, 2.45) is 11.8 Å². The molecule has 2 aliphatic heterocycles. The molecule has 0 spiro atoms. The highest BCUT2D eigenvalue weighted by molar-refractivity contribution is 7.19. The molecule has 0 bridgehead atoms. The van der Waals surface area contributed by atoms with E-state index in [-0.39, 0.29) is 36.7 Å². The lowest BCUT2D eigenvalue weighted by Gasteiger charge is -2.20. The highest BCUT2D eigenvalue weighted by Crippen LogP contribution is 2.43. The molecule has 2 unspecified atom stereocenters. The van der Waals surface area contributed by atoms with Gasteiger partial charge in [-0.1, -0.05) is 24.4 Å². The molecule has 3 aromatic rings. The van der Waals surface area contributed by atoms with Crippen LogP contribution in [0.15, 0.2) is 30.5 Å². The van der Waals surface area contributed by atoms with Gasteiger partial charge in [-0.15, -0.1) is 11.3 Å². The number of aromatic nitrogens is 1. The summed E-state index contributed by atoms with van der Waals surface area (Å²) < 4.78 is 21.5. The molecule has 2 saturated heterocycles. The Morgan fingerprint density at radius 3 is 2.58 bits per heavy atom. The minimum atomic E-state index is -1.09. The standard InChI is InChI=1S/C27H27ClFN3O3S/c1-14-8-15(28)9-20(24(14)35-23-12-30-11-21(23)29)17-6-7-31-22-10-16(36-25(17)22)13-32-26(33)18-4-2-3-5-19(18)27(32)34/h6-10,18-19,21,23,30H,2-5,11-13H2,1H3/t18?,19?,21-,23+/m0/s1. The van der Waals surface area contributed by atoms with E-state index in [4.69, 9.17) is 16.3 Å². The van der Waals surface area contributed by atoms with Gasteiger partial charge >= 0.3 is 0 Å². The summed E-state index contributed by atoms with van der Waals surface area (Å²) in [6, 6.07) is 7.51. The summed E-state index contributed by atoms with van der Waals surface area (Å²) in [5.74, 6) is 0.206. The maximum Gasteiger partial charge on any atom is 0.233 e. The summed E-state index contributed by atoms with van der Waals surface area (Å²) in [4.78, 5) is 32.9. The van der Waals surface area contributed by atoms with Crippen molar-refractivity contribution < 1.29 is 18.7 Å². The molecular weight excluding hydrogens is 501 g/mol. The van der Waals surface area contributed by atoms with Gasteiger partial charge in [0, 0.05) is 40.3 Å². The normalized spacial score (nSPS) is 26.1. The zero-order chi connectivity index (χ0) is 25.0. The molecule has 2 aromatic heterocycles. The predicted molar refractivity (Wildman–Crippen MR) is 138 cm³/mol. The van der Waals surface area contributed by atoms with Crippen molar-refractivity contribution in [1.82, 2.24) is 15.2 Å². The number of carbonyl (C=O) groups is 2. The molecule has 36 heavy (non-hydrogen) atoms. The molecular formula is C27H27ClFN3O3S. The fourth-order valence-corrected chi connectivity index (χ4v) is 7.20. The Kier molecular flexibility index (Phi) is 6.22. The largest absolute Gasteiger partial charge is 0.485 e. The van der Waals surface area contributed by atoms with Crippen LogP contribution in [0.25, 0.3) is 21.3 Å². The van der Waals surface area contributed by atoms with Gasteiger partial charge in [0.25, 0.3) is 0 Å². The quantitative estimate of drug-likeness (QED) is 0.457. The van der Waals surface area contributed by atoms with E-state index in [1.54, 1.807) is 6.20 Å². The number of likely N-dealkylation sites (tertiary alicyclic amines) is 1. The van der Waals surface area contributed by atoms with Gasteiger partial charge in [0.05, 0.1) is 28.6 Å². The van der Waals surface area contributed by atoms with Crippen molar-refractivity contribution in [3.63, 3.8) is 0 Å². The van der Waals surface area contributed by atoms with Gasteiger partial charge in [0.15, 0.2) is 6.17 Å². The van der Waals surface area contributed by atoms with Crippen molar-refractivity contribution in [3.05, 3.63) is 45.9 Å². The summed E-state index contributed by atoms with van der Waals surface area (Å²) in [6.45, 7) is 2.89. The number of ether oxygens (including phenoxy) is 1. The molecule has 1 aliphatic carbocycles. The fourth-order valence-electron chi connectivity index (χ4n) is 5.80. The second-order valence-electron chi connectivity index (χ2n) is 9.98. The van der Waals surface area contributed by atoms with Crippen LogP contribution in [0.2, 0.25) is 5.02 Å². The molecule has 6 rings (SSSR count). The Balaban J connectivity index is 1.36. The molecule has 3 fully saturated rings. The number of hydrogen-bond donors (Lipinski definition) is 1. The number of rotatable bonds is 5. The smallest absolute Gasteiger partial charge is 0.233 e. The predicted octanol–water partition coefficient (Wildman–Crippen LogP) is 5.29. The fraction of sp³-hybridized carbons (Fsp3) is 0.444. The number of nitrogens with zero attached hydrogens (tertiary/aromatic N) is 2. The van der Waals surface area contributed by atoms with Gasteiger partial charge in [0.1, 0.15) is 11.9 Å². The summed E-state index contributed by atoms with van der Waals surface area (Å²) in [7, 11) is 0. The molecule has 4 atom stereocenters. The number of aryl methyl sites for hydroxylation is 1. The minimum Gasteiger partial charge on any atom is -0.485 e. The van der Waals surface area contributed by atoms with Crippen LogP contribution in [0, 0.1) is 18.8 Å². The summed E-state index contributed by atoms with van der Waals surface area (Å²) in [5.41, 5.74) is 3.26. The van der Waals surface area contributed by atoms with Gasteiger partial charge in [-0.2, -0.15) is 0 Å². The van der Waals surface area contributed by atoms with E-state index in [0.29, 0.717) is 17.3 Å². The van der Waals surface area contributed by atoms with Gasteiger partial charge in [-0.25, -0.2) is 4.39 Å². The number of fused-ring (bicyclic) bond motifs is 2. The zero-order valence-electron chi connectivity index (χ0n) is 19.9. The maximum absolute atomic E-state index is 14.4. The summed E-state index contributed by atoms with van der Waals surface area (Å²) in [6.07, 6.45) is 3.69. The van der Waals surface area contributed by atoms with E-state index in [0.717, 1.165) is 57.5 Å². The number of imide groups is 1. The van der Waals surface area contributed by atoms with Crippen LogP contribution >= 0.6 is 22.9 Å². The highest BCUT2D eigenvalue weighted by Gasteiger charge is 2.48.